The molecule has 2 unspecified atom stereocenters. The Morgan fingerprint density at radius 3 is 2.88 bits per heavy atom. The Hall–Kier alpha value is -0.940. The van der Waals surface area contributed by atoms with E-state index in [4.69, 9.17) is 0 Å². The SMILES string of the molecule is CCc1nc(NC(=O)C2CNCC2C)sc1C. The van der Waals surface area contributed by atoms with Crippen LogP contribution < -0.4 is 10.6 Å². The van der Waals surface area contributed by atoms with E-state index in [1.54, 1.807) is 11.3 Å². The van der Waals surface area contributed by atoms with Gasteiger partial charge in [0.2, 0.25) is 5.91 Å². The van der Waals surface area contributed by atoms with E-state index in [2.05, 4.69) is 29.5 Å². The second-order valence-electron chi connectivity index (χ2n) is 4.61. The van der Waals surface area contributed by atoms with Gasteiger partial charge in [0.05, 0.1) is 11.6 Å². The Labute approximate surface area is 106 Å². The number of aryl methyl sites for hydroxylation is 2. The van der Waals surface area contributed by atoms with Gasteiger partial charge in [0, 0.05) is 11.4 Å². The number of hydrogen-bond acceptors (Lipinski definition) is 4. The largest absolute Gasteiger partial charge is 0.316 e. The van der Waals surface area contributed by atoms with Gasteiger partial charge in [-0.25, -0.2) is 4.98 Å². The number of carbonyl (C=O) groups is 1. The molecule has 2 atom stereocenters. The van der Waals surface area contributed by atoms with Gasteiger partial charge in [-0.05, 0) is 25.8 Å². The smallest absolute Gasteiger partial charge is 0.230 e. The average Bonchev–Trinajstić information content (AvgIpc) is 2.84. The first-order valence-electron chi connectivity index (χ1n) is 6.09. The minimum atomic E-state index is 0.0734. The standard InChI is InChI=1S/C12H19N3OS/c1-4-10-8(3)17-12(14-10)15-11(16)9-6-13-5-7(9)2/h7,9,13H,4-6H2,1-3H3,(H,14,15,16). The van der Waals surface area contributed by atoms with E-state index in [9.17, 15) is 4.79 Å². The van der Waals surface area contributed by atoms with E-state index in [0.717, 1.165) is 30.3 Å². The number of anilines is 1. The number of hydrogen-bond donors (Lipinski definition) is 2. The van der Waals surface area contributed by atoms with Crippen LogP contribution in [-0.2, 0) is 11.2 Å². The highest BCUT2D eigenvalue weighted by molar-refractivity contribution is 7.15. The summed E-state index contributed by atoms with van der Waals surface area (Å²) in [5, 5.41) is 6.92. The maximum absolute atomic E-state index is 12.0. The molecule has 0 bridgehead atoms. The number of rotatable bonds is 3. The maximum atomic E-state index is 12.0. The van der Waals surface area contributed by atoms with Crippen molar-refractivity contribution in [2.75, 3.05) is 18.4 Å². The summed E-state index contributed by atoms with van der Waals surface area (Å²) in [5.74, 6) is 0.574. The fraction of sp³-hybridized carbons (Fsp3) is 0.667. The van der Waals surface area contributed by atoms with Crippen molar-refractivity contribution >= 4 is 22.4 Å². The number of nitrogens with zero attached hydrogens (tertiary/aromatic N) is 1. The summed E-state index contributed by atoms with van der Waals surface area (Å²) in [7, 11) is 0. The molecule has 0 aliphatic carbocycles. The molecule has 2 rings (SSSR count). The van der Waals surface area contributed by atoms with Gasteiger partial charge in [-0.1, -0.05) is 13.8 Å². The van der Waals surface area contributed by atoms with E-state index < -0.39 is 0 Å². The molecule has 1 aromatic rings. The number of thiazole rings is 1. The molecule has 94 valence electrons. The van der Waals surface area contributed by atoms with E-state index in [1.807, 2.05) is 6.92 Å². The molecule has 0 spiro atoms. The van der Waals surface area contributed by atoms with Crippen LogP contribution >= 0.6 is 11.3 Å². The Morgan fingerprint density at radius 1 is 1.59 bits per heavy atom. The minimum absolute atomic E-state index is 0.0734. The second-order valence-corrected chi connectivity index (χ2v) is 5.81. The first kappa shape index (κ1) is 12.5. The molecule has 1 aliphatic rings. The average molecular weight is 253 g/mol. The van der Waals surface area contributed by atoms with Crippen molar-refractivity contribution in [1.29, 1.82) is 0 Å². The van der Waals surface area contributed by atoms with Crippen LogP contribution in [0.15, 0.2) is 0 Å². The van der Waals surface area contributed by atoms with Gasteiger partial charge in [-0.15, -0.1) is 11.3 Å². The molecule has 0 saturated carbocycles. The molecule has 1 amide bonds. The lowest BCUT2D eigenvalue weighted by Crippen LogP contribution is -2.27. The fourth-order valence-electron chi connectivity index (χ4n) is 2.17. The summed E-state index contributed by atoms with van der Waals surface area (Å²) in [4.78, 5) is 17.7. The van der Waals surface area contributed by atoms with Gasteiger partial charge in [0.1, 0.15) is 0 Å². The first-order chi connectivity index (χ1) is 8.11. The molecule has 17 heavy (non-hydrogen) atoms. The molecule has 1 saturated heterocycles. The normalized spacial score (nSPS) is 23.9. The van der Waals surface area contributed by atoms with Crippen LogP contribution in [0.25, 0.3) is 0 Å². The molecular weight excluding hydrogens is 234 g/mol. The van der Waals surface area contributed by atoms with Gasteiger partial charge in [0.15, 0.2) is 5.13 Å². The van der Waals surface area contributed by atoms with Crippen LogP contribution in [0, 0.1) is 18.8 Å². The monoisotopic (exact) mass is 253 g/mol. The lowest BCUT2D eigenvalue weighted by molar-refractivity contribution is -0.120. The van der Waals surface area contributed by atoms with Gasteiger partial charge in [-0.3, -0.25) is 4.79 Å². The van der Waals surface area contributed by atoms with Crippen LogP contribution in [-0.4, -0.2) is 24.0 Å². The van der Waals surface area contributed by atoms with Gasteiger partial charge in [-0.2, -0.15) is 0 Å². The van der Waals surface area contributed by atoms with Crippen molar-refractivity contribution in [3.05, 3.63) is 10.6 Å². The van der Waals surface area contributed by atoms with E-state index in [-0.39, 0.29) is 11.8 Å². The molecule has 0 aromatic carbocycles. The summed E-state index contributed by atoms with van der Waals surface area (Å²) in [6.07, 6.45) is 0.916. The highest BCUT2D eigenvalue weighted by Gasteiger charge is 2.30. The van der Waals surface area contributed by atoms with Gasteiger partial charge in [0.25, 0.3) is 0 Å². The van der Waals surface area contributed by atoms with Crippen LogP contribution in [0.1, 0.15) is 24.4 Å². The molecule has 1 fully saturated rings. The first-order valence-corrected chi connectivity index (χ1v) is 6.91. The molecule has 2 N–H and O–H groups in total. The van der Waals surface area contributed by atoms with Crippen LogP contribution in [0.2, 0.25) is 0 Å². The molecule has 1 aromatic heterocycles. The molecule has 2 heterocycles. The number of carbonyl (C=O) groups excluding carboxylic acids is 1. The third-order valence-electron chi connectivity index (χ3n) is 3.31. The number of aromatic nitrogens is 1. The molecule has 1 aliphatic heterocycles. The third kappa shape index (κ3) is 2.66. The van der Waals surface area contributed by atoms with Crippen molar-refractivity contribution in [3.8, 4) is 0 Å². The molecular formula is C12H19N3OS. The van der Waals surface area contributed by atoms with E-state index >= 15 is 0 Å². The van der Waals surface area contributed by atoms with Crippen molar-refractivity contribution in [3.63, 3.8) is 0 Å². The van der Waals surface area contributed by atoms with Crippen molar-refractivity contribution in [1.82, 2.24) is 10.3 Å². The quantitative estimate of drug-likeness (QED) is 0.864. The fourth-order valence-corrected chi connectivity index (χ4v) is 3.07. The summed E-state index contributed by atoms with van der Waals surface area (Å²) < 4.78 is 0. The van der Waals surface area contributed by atoms with Crippen molar-refractivity contribution in [2.45, 2.75) is 27.2 Å². The highest BCUT2D eigenvalue weighted by Crippen LogP contribution is 2.24. The lowest BCUT2D eigenvalue weighted by atomic mass is 9.97. The predicted molar refractivity (Wildman–Crippen MR) is 70.4 cm³/mol. The second kappa shape index (κ2) is 5.14. The predicted octanol–water partition coefficient (Wildman–Crippen LogP) is 1.81. The number of amides is 1. The van der Waals surface area contributed by atoms with Crippen LogP contribution in [0.3, 0.4) is 0 Å². The topological polar surface area (TPSA) is 54.0 Å². The van der Waals surface area contributed by atoms with E-state index in [0.29, 0.717) is 5.92 Å². The van der Waals surface area contributed by atoms with Gasteiger partial charge < -0.3 is 10.6 Å². The number of nitrogens with one attached hydrogen (secondary N) is 2. The Bertz CT molecular complexity index is 416. The highest BCUT2D eigenvalue weighted by atomic mass is 32.1. The maximum Gasteiger partial charge on any atom is 0.230 e. The third-order valence-corrected chi connectivity index (χ3v) is 4.24. The minimum Gasteiger partial charge on any atom is -0.316 e. The zero-order chi connectivity index (χ0) is 12.4. The Kier molecular flexibility index (Phi) is 3.79. The van der Waals surface area contributed by atoms with Gasteiger partial charge >= 0.3 is 0 Å². The summed E-state index contributed by atoms with van der Waals surface area (Å²) in [6.45, 7) is 7.94. The Balaban J connectivity index is 2.02. The van der Waals surface area contributed by atoms with Crippen LogP contribution in [0.5, 0.6) is 0 Å². The zero-order valence-electron chi connectivity index (χ0n) is 10.5. The summed E-state index contributed by atoms with van der Waals surface area (Å²) in [5.41, 5.74) is 1.09. The lowest BCUT2D eigenvalue weighted by Gasteiger charge is -2.12. The zero-order valence-corrected chi connectivity index (χ0v) is 11.4. The van der Waals surface area contributed by atoms with Crippen molar-refractivity contribution in [2.24, 2.45) is 11.8 Å². The van der Waals surface area contributed by atoms with E-state index in [1.165, 1.54) is 4.88 Å². The molecule has 5 heteroatoms. The van der Waals surface area contributed by atoms with Crippen LogP contribution in [0.4, 0.5) is 5.13 Å². The molecule has 0 radical (unpaired) electrons. The Morgan fingerprint density at radius 2 is 2.35 bits per heavy atom. The van der Waals surface area contributed by atoms with Crippen molar-refractivity contribution < 1.29 is 4.79 Å². The summed E-state index contributed by atoms with van der Waals surface area (Å²) in [6, 6.07) is 0. The summed E-state index contributed by atoms with van der Waals surface area (Å²) >= 11 is 1.56. The molecule has 4 nitrogen and oxygen atoms in total.